The molecule has 1 N–H and O–H groups in total. The smallest absolute Gasteiger partial charge is 0.179 e. The third-order valence-corrected chi connectivity index (χ3v) is 4.62. The van der Waals surface area contributed by atoms with E-state index in [4.69, 9.17) is 21.1 Å². The maximum absolute atomic E-state index is 6.42. The molecule has 0 aliphatic carbocycles. The number of benzene rings is 1. The van der Waals surface area contributed by atoms with Gasteiger partial charge in [-0.2, -0.15) is 0 Å². The van der Waals surface area contributed by atoms with Gasteiger partial charge in [0.15, 0.2) is 11.5 Å². The molecule has 0 radical (unpaired) electrons. The molecular formula is C16H25ClN2O2. The molecule has 0 spiro atoms. The van der Waals surface area contributed by atoms with E-state index in [-0.39, 0.29) is 0 Å². The molecule has 4 nitrogen and oxygen atoms in total. The molecule has 2 unspecified atom stereocenters. The number of nitrogens with zero attached hydrogens (tertiary/aromatic N) is 1. The molecule has 5 heteroatoms. The predicted octanol–water partition coefficient (Wildman–Crippen LogP) is 3.62. The van der Waals surface area contributed by atoms with Crippen LogP contribution >= 0.6 is 11.6 Å². The average molecular weight is 313 g/mol. The van der Waals surface area contributed by atoms with E-state index >= 15 is 0 Å². The Hall–Kier alpha value is -0.970. The molecule has 2 atom stereocenters. The monoisotopic (exact) mass is 312 g/mol. The van der Waals surface area contributed by atoms with Gasteiger partial charge in [-0.15, -0.1) is 0 Å². The zero-order valence-electron chi connectivity index (χ0n) is 13.3. The number of methoxy groups -OCH3 is 2. The van der Waals surface area contributed by atoms with Crippen molar-refractivity contribution >= 4 is 11.6 Å². The summed E-state index contributed by atoms with van der Waals surface area (Å²) in [6.45, 7) is 5.21. The Bertz CT molecular complexity index is 472. The summed E-state index contributed by atoms with van der Waals surface area (Å²) in [5, 5.41) is 2.96. The highest BCUT2D eigenvalue weighted by molar-refractivity contribution is 6.33. The fraction of sp³-hybridized carbons (Fsp3) is 0.625. The molecule has 1 heterocycles. The number of halogens is 1. The molecule has 118 valence electrons. The molecule has 0 amide bonds. The lowest BCUT2D eigenvalue weighted by atomic mass is 10.00. The lowest BCUT2D eigenvalue weighted by Gasteiger charge is -2.39. The fourth-order valence-corrected chi connectivity index (χ4v) is 3.28. The van der Waals surface area contributed by atoms with Crippen LogP contribution < -0.4 is 14.9 Å². The van der Waals surface area contributed by atoms with Crippen molar-refractivity contribution in [1.82, 2.24) is 10.4 Å². The van der Waals surface area contributed by atoms with Gasteiger partial charge in [-0.05, 0) is 38.3 Å². The van der Waals surface area contributed by atoms with E-state index in [1.165, 1.54) is 19.3 Å². The highest BCUT2D eigenvalue weighted by Crippen LogP contribution is 2.37. The van der Waals surface area contributed by atoms with Crippen molar-refractivity contribution in [3.05, 3.63) is 22.7 Å². The molecule has 1 saturated heterocycles. The number of hydrogen-bond donors (Lipinski definition) is 1. The maximum Gasteiger partial charge on any atom is 0.179 e. The van der Waals surface area contributed by atoms with Crippen LogP contribution in [0.3, 0.4) is 0 Å². The Balaban J connectivity index is 2.09. The van der Waals surface area contributed by atoms with Gasteiger partial charge in [0.1, 0.15) is 0 Å². The van der Waals surface area contributed by atoms with Gasteiger partial charge in [0, 0.05) is 18.6 Å². The number of ether oxygens (including phenoxy) is 2. The first-order valence-corrected chi connectivity index (χ1v) is 7.87. The fourth-order valence-electron chi connectivity index (χ4n) is 2.98. The normalized spacial score (nSPS) is 23.1. The standard InChI is InChI=1S/C16H25ClN2O2/c1-11-6-5-7-12(2)19(11)18-10-13-8-9-14(20-3)16(21-4)15(13)17/h8-9,11-12,18H,5-7,10H2,1-4H3. The van der Waals surface area contributed by atoms with Gasteiger partial charge in [-0.1, -0.05) is 24.1 Å². The van der Waals surface area contributed by atoms with Crippen LogP contribution in [0.15, 0.2) is 12.1 Å². The number of hydrazine groups is 1. The molecule has 1 aromatic rings. The van der Waals surface area contributed by atoms with Crippen molar-refractivity contribution in [3.8, 4) is 11.5 Å². The van der Waals surface area contributed by atoms with Crippen LogP contribution in [-0.2, 0) is 6.54 Å². The summed E-state index contributed by atoms with van der Waals surface area (Å²) in [6, 6.07) is 4.97. The van der Waals surface area contributed by atoms with Crippen LogP contribution in [0, 0.1) is 0 Å². The van der Waals surface area contributed by atoms with Crippen molar-refractivity contribution in [2.24, 2.45) is 0 Å². The maximum atomic E-state index is 6.42. The molecular weight excluding hydrogens is 288 g/mol. The van der Waals surface area contributed by atoms with Gasteiger partial charge < -0.3 is 9.47 Å². The minimum Gasteiger partial charge on any atom is -0.493 e. The second kappa shape index (κ2) is 7.34. The summed E-state index contributed by atoms with van der Waals surface area (Å²) in [6.07, 6.45) is 3.77. The molecule has 1 aromatic carbocycles. The van der Waals surface area contributed by atoms with E-state index < -0.39 is 0 Å². The highest BCUT2D eigenvalue weighted by atomic mass is 35.5. The molecule has 21 heavy (non-hydrogen) atoms. The van der Waals surface area contributed by atoms with Crippen molar-refractivity contribution < 1.29 is 9.47 Å². The Morgan fingerprint density at radius 1 is 1.19 bits per heavy atom. The zero-order valence-corrected chi connectivity index (χ0v) is 14.0. The topological polar surface area (TPSA) is 33.7 Å². The van der Waals surface area contributed by atoms with E-state index in [0.29, 0.717) is 35.2 Å². The van der Waals surface area contributed by atoms with E-state index in [0.717, 1.165) is 5.56 Å². The second-order valence-electron chi connectivity index (χ2n) is 5.65. The van der Waals surface area contributed by atoms with Crippen LogP contribution in [0.25, 0.3) is 0 Å². The minimum atomic E-state index is 0.549. The number of hydrogen-bond acceptors (Lipinski definition) is 4. The molecule has 0 saturated carbocycles. The molecule has 1 aliphatic heterocycles. The van der Waals surface area contributed by atoms with Crippen molar-refractivity contribution in [2.75, 3.05) is 14.2 Å². The Labute approximate surface area is 132 Å². The first-order valence-electron chi connectivity index (χ1n) is 7.49. The van der Waals surface area contributed by atoms with Gasteiger partial charge in [0.25, 0.3) is 0 Å². The van der Waals surface area contributed by atoms with Gasteiger partial charge in [0.2, 0.25) is 0 Å². The average Bonchev–Trinajstić information content (AvgIpc) is 2.47. The minimum absolute atomic E-state index is 0.549. The van der Waals surface area contributed by atoms with E-state index in [2.05, 4.69) is 24.3 Å². The van der Waals surface area contributed by atoms with E-state index in [9.17, 15) is 0 Å². The quantitative estimate of drug-likeness (QED) is 0.900. The van der Waals surface area contributed by atoms with Gasteiger partial charge in [0.05, 0.1) is 19.2 Å². The summed E-state index contributed by atoms with van der Waals surface area (Å²) < 4.78 is 10.6. The SMILES string of the molecule is COc1ccc(CNN2C(C)CCCC2C)c(Cl)c1OC. The van der Waals surface area contributed by atoms with Gasteiger partial charge in [-0.3, -0.25) is 5.43 Å². The Kier molecular flexibility index (Phi) is 5.73. The molecule has 0 aromatic heterocycles. The summed E-state index contributed by atoms with van der Waals surface area (Å²) in [7, 11) is 3.22. The summed E-state index contributed by atoms with van der Waals surface area (Å²) in [4.78, 5) is 0. The number of piperidine rings is 1. The predicted molar refractivity (Wildman–Crippen MR) is 86.0 cm³/mol. The van der Waals surface area contributed by atoms with E-state index in [1.54, 1.807) is 14.2 Å². The molecule has 1 fully saturated rings. The second-order valence-corrected chi connectivity index (χ2v) is 6.02. The van der Waals surface area contributed by atoms with Crippen molar-refractivity contribution in [3.63, 3.8) is 0 Å². The van der Waals surface area contributed by atoms with Gasteiger partial charge in [-0.25, -0.2) is 5.01 Å². The number of rotatable bonds is 5. The molecule has 2 rings (SSSR count). The van der Waals surface area contributed by atoms with Crippen LogP contribution in [0.1, 0.15) is 38.7 Å². The van der Waals surface area contributed by atoms with Crippen LogP contribution in [0.5, 0.6) is 11.5 Å². The van der Waals surface area contributed by atoms with Crippen LogP contribution in [-0.4, -0.2) is 31.3 Å². The van der Waals surface area contributed by atoms with Crippen LogP contribution in [0.4, 0.5) is 0 Å². The van der Waals surface area contributed by atoms with Crippen LogP contribution in [0.2, 0.25) is 5.02 Å². The van der Waals surface area contributed by atoms with Crippen molar-refractivity contribution in [2.45, 2.75) is 51.7 Å². The largest absolute Gasteiger partial charge is 0.493 e. The van der Waals surface area contributed by atoms with Crippen molar-refractivity contribution in [1.29, 1.82) is 0 Å². The molecule has 0 bridgehead atoms. The van der Waals surface area contributed by atoms with Gasteiger partial charge >= 0.3 is 0 Å². The van der Waals surface area contributed by atoms with E-state index in [1.807, 2.05) is 12.1 Å². The third kappa shape index (κ3) is 3.62. The zero-order chi connectivity index (χ0) is 15.4. The Morgan fingerprint density at radius 2 is 1.86 bits per heavy atom. The summed E-state index contributed by atoms with van der Waals surface area (Å²) in [5.74, 6) is 1.25. The lowest BCUT2D eigenvalue weighted by Crippen LogP contribution is -2.51. The first-order chi connectivity index (χ1) is 10.1. The molecule has 1 aliphatic rings. The number of nitrogens with one attached hydrogen (secondary N) is 1. The summed E-state index contributed by atoms with van der Waals surface area (Å²) in [5.41, 5.74) is 4.53. The Morgan fingerprint density at radius 3 is 2.43 bits per heavy atom. The third-order valence-electron chi connectivity index (χ3n) is 4.21. The summed E-state index contributed by atoms with van der Waals surface area (Å²) >= 11 is 6.42. The highest BCUT2D eigenvalue weighted by Gasteiger charge is 2.24. The first kappa shape index (κ1) is 16.4. The lowest BCUT2D eigenvalue weighted by molar-refractivity contribution is 0.0435.